The molecule has 0 saturated carbocycles. The molecule has 0 N–H and O–H groups in total. The maximum absolute atomic E-state index is 13.6. The summed E-state index contributed by atoms with van der Waals surface area (Å²) in [6.07, 6.45) is 2.06. The number of carbonyl (C=O) groups excluding carboxylic acids is 1. The number of ketones is 1. The van der Waals surface area contributed by atoms with Gasteiger partial charge in [-0.15, -0.1) is 0 Å². The van der Waals surface area contributed by atoms with Gasteiger partial charge in [0.25, 0.3) is 0 Å². The van der Waals surface area contributed by atoms with Gasteiger partial charge in [-0.05, 0) is 24.6 Å². The van der Waals surface area contributed by atoms with Crippen molar-refractivity contribution in [1.29, 1.82) is 0 Å². The molecule has 1 heterocycles. The van der Waals surface area contributed by atoms with E-state index in [-0.39, 0.29) is 16.3 Å². The van der Waals surface area contributed by atoms with Gasteiger partial charge in [0.2, 0.25) is 5.78 Å². The average molecular weight is 285 g/mol. The molecular formula is C13H11ClF2N2O. The lowest BCUT2D eigenvalue weighted by molar-refractivity contribution is 0.102. The van der Waals surface area contributed by atoms with Crippen LogP contribution in [0.2, 0.25) is 5.02 Å². The molecule has 2 rings (SSSR count). The van der Waals surface area contributed by atoms with Gasteiger partial charge in [0.15, 0.2) is 0 Å². The molecule has 0 bridgehead atoms. The molecule has 0 aliphatic carbocycles. The van der Waals surface area contributed by atoms with Crippen molar-refractivity contribution in [2.75, 3.05) is 0 Å². The number of hydrogen-bond acceptors (Lipinski definition) is 2. The first kappa shape index (κ1) is 13.7. The van der Waals surface area contributed by atoms with E-state index in [1.54, 1.807) is 0 Å². The number of benzene rings is 1. The Morgan fingerprint density at radius 3 is 2.84 bits per heavy atom. The van der Waals surface area contributed by atoms with Crippen LogP contribution in [0.1, 0.15) is 29.4 Å². The lowest BCUT2D eigenvalue weighted by atomic mass is 10.1. The molecule has 0 spiro atoms. The molecule has 0 aliphatic rings. The highest BCUT2D eigenvalue weighted by molar-refractivity contribution is 6.34. The van der Waals surface area contributed by atoms with Crippen molar-refractivity contribution >= 4 is 17.4 Å². The summed E-state index contributed by atoms with van der Waals surface area (Å²) < 4.78 is 28.1. The third-order valence-corrected chi connectivity index (χ3v) is 2.89. The summed E-state index contributed by atoms with van der Waals surface area (Å²) in [5.41, 5.74) is -0.271. The van der Waals surface area contributed by atoms with Crippen LogP contribution in [0.15, 0.2) is 24.4 Å². The van der Waals surface area contributed by atoms with Gasteiger partial charge in [0.05, 0.1) is 16.8 Å². The largest absolute Gasteiger partial charge is 0.287 e. The molecule has 6 heteroatoms. The van der Waals surface area contributed by atoms with Crippen molar-refractivity contribution in [2.24, 2.45) is 0 Å². The van der Waals surface area contributed by atoms with Gasteiger partial charge in [-0.25, -0.2) is 8.78 Å². The van der Waals surface area contributed by atoms with Crippen LogP contribution < -0.4 is 0 Å². The summed E-state index contributed by atoms with van der Waals surface area (Å²) in [4.78, 5) is 12.2. The second kappa shape index (κ2) is 5.48. The standard InChI is InChI=1S/C13H11ClF2N2O/c1-2-5-18-12(10(14)7-17-18)13(19)9-6-8(15)3-4-11(9)16/h3-4,6-7H,2,5H2,1H3. The molecule has 0 amide bonds. The van der Waals surface area contributed by atoms with Gasteiger partial charge in [0, 0.05) is 6.54 Å². The van der Waals surface area contributed by atoms with Gasteiger partial charge in [-0.2, -0.15) is 5.10 Å². The second-order valence-electron chi connectivity index (χ2n) is 4.02. The molecule has 0 saturated heterocycles. The summed E-state index contributed by atoms with van der Waals surface area (Å²) in [5, 5.41) is 4.08. The van der Waals surface area contributed by atoms with Gasteiger partial charge in [-0.1, -0.05) is 18.5 Å². The van der Waals surface area contributed by atoms with E-state index in [1.165, 1.54) is 10.9 Å². The Bertz CT molecular complexity index is 625. The molecule has 0 fully saturated rings. The number of aromatic nitrogens is 2. The number of hydrogen-bond donors (Lipinski definition) is 0. The van der Waals surface area contributed by atoms with Crippen LogP contribution in [-0.4, -0.2) is 15.6 Å². The molecule has 0 atom stereocenters. The Balaban J connectivity index is 2.49. The summed E-state index contributed by atoms with van der Waals surface area (Å²) in [7, 11) is 0. The maximum Gasteiger partial charge on any atom is 0.215 e. The van der Waals surface area contributed by atoms with Crippen molar-refractivity contribution in [3.63, 3.8) is 0 Å². The first-order valence-electron chi connectivity index (χ1n) is 5.75. The van der Waals surface area contributed by atoms with E-state index in [2.05, 4.69) is 5.10 Å². The van der Waals surface area contributed by atoms with Crippen LogP contribution in [0.5, 0.6) is 0 Å². The van der Waals surface area contributed by atoms with Crippen molar-refractivity contribution < 1.29 is 13.6 Å². The van der Waals surface area contributed by atoms with E-state index >= 15 is 0 Å². The Morgan fingerprint density at radius 1 is 1.42 bits per heavy atom. The van der Waals surface area contributed by atoms with E-state index in [1.807, 2.05) is 6.92 Å². The normalized spacial score (nSPS) is 10.7. The SMILES string of the molecule is CCCn1ncc(Cl)c1C(=O)c1cc(F)ccc1F. The first-order chi connectivity index (χ1) is 9.04. The lowest BCUT2D eigenvalue weighted by Gasteiger charge is -2.07. The second-order valence-corrected chi connectivity index (χ2v) is 4.42. The minimum absolute atomic E-state index is 0.0769. The van der Waals surface area contributed by atoms with Crippen LogP contribution in [-0.2, 0) is 6.54 Å². The zero-order valence-electron chi connectivity index (χ0n) is 10.2. The zero-order valence-corrected chi connectivity index (χ0v) is 10.9. The average Bonchev–Trinajstić information content (AvgIpc) is 2.73. The fourth-order valence-corrected chi connectivity index (χ4v) is 2.00. The number of carbonyl (C=O) groups is 1. The fourth-order valence-electron chi connectivity index (χ4n) is 1.77. The van der Waals surface area contributed by atoms with Crippen molar-refractivity contribution in [2.45, 2.75) is 19.9 Å². The Morgan fingerprint density at radius 2 is 2.16 bits per heavy atom. The van der Waals surface area contributed by atoms with E-state index < -0.39 is 17.4 Å². The minimum Gasteiger partial charge on any atom is -0.287 e. The first-order valence-corrected chi connectivity index (χ1v) is 6.13. The molecule has 2 aromatic rings. The van der Waals surface area contributed by atoms with Crippen LogP contribution in [0, 0.1) is 11.6 Å². The monoisotopic (exact) mass is 284 g/mol. The van der Waals surface area contributed by atoms with Gasteiger partial charge in [0.1, 0.15) is 17.3 Å². The third-order valence-electron chi connectivity index (χ3n) is 2.62. The molecule has 1 aromatic heterocycles. The van der Waals surface area contributed by atoms with Crippen molar-refractivity contribution in [3.05, 3.63) is 52.3 Å². The molecule has 1 aromatic carbocycles. The van der Waals surface area contributed by atoms with E-state index in [4.69, 9.17) is 11.6 Å². The maximum atomic E-state index is 13.6. The molecule has 0 radical (unpaired) electrons. The van der Waals surface area contributed by atoms with E-state index in [0.717, 1.165) is 24.6 Å². The number of rotatable bonds is 4. The summed E-state index contributed by atoms with van der Waals surface area (Å²) >= 11 is 5.90. The van der Waals surface area contributed by atoms with Crippen LogP contribution >= 0.6 is 11.6 Å². The number of halogens is 3. The third kappa shape index (κ3) is 2.66. The predicted molar refractivity (Wildman–Crippen MR) is 67.3 cm³/mol. The highest BCUT2D eigenvalue weighted by Crippen LogP contribution is 2.21. The van der Waals surface area contributed by atoms with Crippen molar-refractivity contribution in [1.82, 2.24) is 9.78 Å². The molecule has 19 heavy (non-hydrogen) atoms. The lowest BCUT2D eigenvalue weighted by Crippen LogP contribution is -2.13. The summed E-state index contributed by atoms with van der Waals surface area (Å²) in [6, 6.07) is 2.73. The predicted octanol–water partition coefficient (Wildman–Crippen LogP) is 3.46. The van der Waals surface area contributed by atoms with E-state index in [9.17, 15) is 13.6 Å². The summed E-state index contributed by atoms with van der Waals surface area (Å²) in [6.45, 7) is 2.39. The quantitative estimate of drug-likeness (QED) is 0.806. The Kier molecular flexibility index (Phi) is 3.95. The van der Waals surface area contributed by atoms with Gasteiger partial charge in [-0.3, -0.25) is 9.48 Å². The molecule has 0 unspecified atom stereocenters. The number of nitrogens with zero attached hydrogens (tertiary/aromatic N) is 2. The van der Waals surface area contributed by atoms with Crippen LogP contribution in [0.3, 0.4) is 0 Å². The highest BCUT2D eigenvalue weighted by Gasteiger charge is 2.22. The molecule has 100 valence electrons. The zero-order chi connectivity index (χ0) is 14.0. The Labute approximate surface area is 113 Å². The smallest absolute Gasteiger partial charge is 0.215 e. The van der Waals surface area contributed by atoms with Gasteiger partial charge < -0.3 is 0 Å². The van der Waals surface area contributed by atoms with Crippen LogP contribution in [0.25, 0.3) is 0 Å². The Hall–Kier alpha value is -1.75. The van der Waals surface area contributed by atoms with E-state index in [0.29, 0.717) is 6.54 Å². The van der Waals surface area contributed by atoms with Gasteiger partial charge >= 0.3 is 0 Å². The van der Waals surface area contributed by atoms with Crippen molar-refractivity contribution in [3.8, 4) is 0 Å². The molecule has 3 nitrogen and oxygen atoms in total. The molecule has 0 aliphatic heterocycles. The topological polar surface area (TPSA) is 34.9 Å². The fraction of sp³-hybridized carbons (Fsp3) is 0.231. The summed E-state index contributed by atoms with van der Waals surface area (Å²) in [5.74, 6) is -2.14. The number of aryl methyl sites for hydroxylation is 1. The van der Waals surface area contributed by atoms with Crippen LogP contribution in [0.4, 0.5) is 8.78 Å². The minimum atomic E-state index is -0.785. The molecular weight excluding hydrogens is 274 g/mol. The highest BCUT2D eigenvalue weighted by atomic mass is 35.5.